The van der Waals surface area contributed by atoms with Crippen LogP contribution in [0.4, 0.5) is 46.2 Å². The fourth-order valence-electron chi connectivity index (χ4n) is 14.0. The predicted molar refractivity (Wildman–Crippen MR) is 381 cm³/mol. The molecule has 11 heterocycles. The van der Waals surface area contributed by atoms with Crippen LogP contribution in [0.2, 0.25) is 0 Å². The van der Waals surface area contributed by atoms with Gasteiger partial charge in [0.25, 0.3) is 0 Å². The van der Waals surface area contributed by atoms with Gasteiger partial charge in [0, 0.05) is 65.5 Å². The Morgan fingerprint density at radius 2 is 0.899 bits per heavy atom. The molecule has 22 heteroatoms. The van der Waals surface area contributed by atoms with Crippen molar-refractivity contribution < 1.29 is 33.2 Å². The van der Waals surface area contributed by atoms with E-state index in [1.54, 1.807) is 6.07 Å². The third kappa shape index (κ3) is 14.2. The molecule has 99 heavy (non-hydrogen) atoms. The lowest BCUT2D eigenvalue weighted by Gasteiger charge is -2.37. The van der Waals surface area contributed by atoms with Crippen molar-refractivity contribution in [2.45, 2.75) is 139 Å². The van der Waals surface area contributed by atoms with Crippen molar-refractivity contribution in [3.05, 3.63) is 172 Å². The summed E-state index contributed by atoms with van der Waals surface area (Å²) in [5, 5.41) is 6.60. The molecule has 0 unspecified atom stereocenters. The summed E-state index contributed by atoms with van der Waals surface area (Å²) in [6.45, 7) is 13.7. The van der Waals surface area contributed by atoms with Crippen LogP contribution in [0.15, 0.2) is 144 Å². The molecule has 6 aliphatic heterocycles. The second kappa shape index (κ2) is 27.1. The van der Waals surface area contributed by atoms with Crippen LogP contribution in [0, 0.1) is 0 Å². The summed E-state index contributed by atoms with van der Waals surface area (Å²) in [7, 11) is 0. The number of nitrogen functional groups attached to an aromatic ring is 1. The summed E-state index contributed by atoms with van der Waals surface area (Å²) in [4.78, 5) is 55.7. The molecule has 3 spiro atoms. The molecule has 5 N–H and O–H groups in total. The molecular weight excluding hydrogens is 1250 g/mol. The van der Waals surface area contributed by atoms with E-state index in [2.05, 4.69) is 56.1 Å². The first-order valence-corrected chi connectivity index (χ1v) is 35.1. The number of benzene rings is 4. The molecule has 22 nitrogen and oxygen atoms in total. The molecule has 9 aromatic rings. The van der Waals surface area contributed by atoms with Crippen molar-refractivity contribution in [1.82, 2.24) is 39.9 Å². The monoisotopic (exact) mass is 1330 g/mol. The van der Waals surface area contributed by atoms with Crippen molar-refractivity contribution in [3.8, 4) is 57.7 Å². The molecule has 5 aromatic heterocycles. The Labute approximate surface area is 576 Å². The van der Waals surface area contributed by atoms with Crippen LogP contribution in [-0.4, -0.2) is 134 Å². The van der Waals surface area contributed by atoms with Crippen LogP contribution in [-0.2, 0) is 40.1 Å². The number of H-pyrrole nitrogens is 1. The summed E-state index contributed by atoms with van der Waals surface area (Å²) >= 11 is 0. The molecule has 3 aliphatic carbocycles. The number of ether oxygens (including phenoxy) is 7. The van der Waals surface area contributed by atoms with Crippen LogP contribution in [0.5, 0.6) is 23.5 Å². The van der Waals surface area contributed by atoms with Gasteiger partial charge < -0.3 is 69.2 Å². The Bertz CT molecular complexity index is 4440. The smallest absolute Gasteiger partial charge is 0.249 e. The maximum absolute atomic E-state index is 11.5. The van der Waals surface area contributed by atoms with Crippen molar-refractivity contribution in [1.29, 1.82) is 0 Å². The highest BCUT2D eigenvalue weighted by molar-refractivity contribution is 5.70. The fraction of sp³-hybridized carbons (Fsp3) is 0.403. The van der Waals surface area contributed by atoms with Gasteiger partial charge in [-0.15, -0.1) is 0 Å². The van der Waals surface area contributed by atoms with E-state index < -0.39 is 0 Å². The van der Waals surface area contributed by atoms with Gasteiger partial charge in [-0.25, -0.2) is 15.0 Å². The maximum atomic E-state index is 11.5. The van der Waals surface area contributed by atoms with Gasteiger partial charge >= 0.3 is 0 Å². The number of aromatic nitrogens is 8. The molecule has 3 saturated heterocycles. The number of nitrogens with one attached hydrogen (secondary N) is 3. The quantitative estimate of drug-likeness (QED) is 0.0783. The zero-order valence-corrected chi connectivity index (χ0v) is 56.4. The van der Waals surface area contributed by atoms with Crippen molar-refractivity contribution in [2.75, 3.05) is 90.3 Å². The number of hydrogen-bond acceptors (Lipinski definition) is 21. The summed E-state index contributed by atoms with van der Waals surface area (Å²) in [6, 6.07) is 45.4. The molecule has 4 aromatic carbocycles. The first-order valence-electron chi connectivity index (χ1n) is 35.1. The lowest BCUT2D eigenvalue weighted by Crippen LogP contribution is -2.45. The highest BCUT2D eigenvalue weighted by atomic mass is 16.5. The molecule has 510 valence electrons. The number of nitrogens with zero attached hydrogens (tertiary/aromatic N) is 10. The summed E-state index contributed by atoms with van der Waals surface area (Å²) in [6.07, 6.45) is 12.8. The van der Waals surface area contributed by atoms with Crippen LogP contribution < -0.4 is 55.6 Å². The average molecular weight is 1330 g/mol. The van der Waals surface area contributed by atoms with E-state index >= 15 is 0 Å². The minimum absolute atomic E-state index is 0.00705. The van der Waals surface area contributed by atoms with Crippen molar-refractivity contribution >= 4 is 46.2 Å². The zero-order chi connectivity index (χ0) is 67.1. The van der Waals surface area contributed by atoms with Crippen LogP contribution in [0.25, 0.3) is 34.2 Å². The van der Waals surface area contributed by atoms with E-state index in [0.29, 0.717) is 68.2 Å². The first-order chi connectivity index (χ1) is 48.4. The lowest BCUT2D eigenvalue weighted by atomic mass is 10.0. The van der Waals surface area contributed by atoms with Crippen molar-refractivity contribution in [2.24, 2.45) is 0 Å². The molecule has 0 amide bonds. The van der Waals surface area contributed by atoms with E-state index in [0.717, 1.165) is 207 Å². The number of aromatic amines is 1. The highest BCUT2D eigenvalue weighted by Gasteiger charge is 2.51. The molecular formula is C77H84N14O8. The summed E-state index contributed by atoms with van der Waals surface area (Å²) in [5.74, 6) is 9.23. The lowest BCUT2D eigenvalue weighted by molar-refractivity contribution is 0.0978. The second-order valence-corrected chi connectivity index (χ2v) is 27.8. The van der Waals surface area contributed by atoms with Crippen LogP contribution >= 0.6 is 0 Å². The number of hydrogen-bond donors (Lipinski definition) is 4. The minimum atomic E-state index is -0.141. The van der Waals surface area contributed by atoms with Crippen LogP contribution in [0.1, 0.15) is 101 Å². The molecule has 3 saturated carbocycles. The Balaban J connectivity index is 0.000000118. The van der Waals surface area contributed by atoms with Gasteiger partial charge in [-0.1, -0.05) is 42.5 Å². The summed E-state index contributed by atoms with van der Waals surface area (Å²) in [5.41, 5.74) is 15.6. The van der Waals surface area contributed by atoms with Gasteiger partial charge in [0.15, 0.2) is 17.5 Å². The Morgan fingerprint density at radius 1 is 0.475 bits per heavy atom. The van der Waals surface area contributed by atoms with E-state index in [1.807, 2.05) is 127 Å². The Kier molecular flexibility index (Phi) is 17.5. The molecule has 6 fully saturated rings. The molecule has 3 atom stereocenters. The largest absolute Gasteiger partial charge is 0.473 e. The average Bonchev–Trinajstić information content (AvgIpc) is 1.67. The third-order valence-electron chi connectivity index (χ3n) is 20.3. The number of morpholine rings is 3. The highest BCUT2D eigenvalue weighted by Crippen LogP contribution is 2.53. The minimum Gasteiger partial charge on any atom is -0.473 e. The predicted octanol–water partition coefficient (Wildman–Crippen LogP) is 12.4. The van der Waals surface area contributed by atoms with Gasteiger partial charge in [-0.3, -0.25) is 4.79 Å². The van der Waals surface area contributed by atoms with Crippen molar-refractivity contribution in [3.63, 3.8) is 0 Å². The second-order valence-electron chi connectivity index (χ2n) is 27.8. The third-order valence-corrected chi connectivity index (χ3v) is 20.3. The van der Waals surface area contributed by atoms with Gasteiger partial charge in [-0.2, -0.15) is 19.9 Å². The molecule has 9 aliphatic rings. The van der Waals surface area contributed by atoms with E-state index in [9.17, 15) is 4.79 Å². The number of anilines is 8. The van der Waals surface area contributed by atoms with Gasteiger partial charge in [-0.05, 0) is 188 Å². The number of fused-ring (bicyclic) bond motifs is 3. The van der Waals surface area contributed by atoms with Gasteiger partial charge in [0.1, 0.15) is 52.5 Å². The van der Waals surface area contributed by atoms with Gasteiger partial charge in [0.2, 0.25) is 29.1 Å². The van der Waals surface area contributed by atoms with Crippen LogP contribution in [0.3, 0.4) is 0 Å². The van der Waals surface area contributed by atoms with E-state index in [1.165, 1.54) is 6.07 Å². The topological polar surface area (TPSA) is 247 Å². The molecule has 18 rings (SSSR count). The van der Waals surface area contributed by atoms with E-state index in [-0.39, 0.29) is 34.4 Å². The Morgan fingerprint density at radius 3 is 1.32 bits per heavy atom. The number of nitrogens with two attached hydrogens (primary N) is 1. The normalized spacial score (nSPS) is 20.8. The maximum Gasteiger partial charge on any atom is 0.249 e. The first kappa shape index (κ1) is 63.8. The Hall–Kier alpha value is -9.90. The standard InChI is InChI=1S/C32H33N5O3.C25H27N5O3.C20H24N4O2/c1-22-20-38-19-18-37(22)30-26-14-15-32(16-17-32)40-31(26)36-29(35-30)24-10-12-25(13-11-24)33-27-8-5-9-28(34-27)39-21-23-6-3-2-4-7-23;1-16-15-32-14-13-30(16)23-19-9-10-25(11-12-25)33-24(19)29-22(28-23)17-5-7-18(8-6-17)26-20-3-2-4-21(31)27-20;1-13-12-25-11-10-24(13)18-16-6-7-20(8-9-20)26-19(16)23-17(22-18)14-2-4-15(21)5-3-14/h2-13,22H,14-21H2,1H3,(H,33,34);2-8,16H,9-15H2,1H3,(H2,26,27,31);2-5,13H,6-12,21H2,1H3/t22-;16-;13-/m000/s1. The summed E-state index contributed by atoms with van der Waals surface area (Å²) < 4.78 is 42.1. The SMILES string of the molecule is C[C@H]1COCCN1c1nc(-c2ccc(N)cc2)nc2c1CCC1(CC1)O2.C[C@H]1COCCN1c1nc(-c2ccc(Nc3cccc(=O)[nH]3)cc2)nc2c1CCC1(CC1)O2.C[C@H]1COCCN1c1nc(-c2ccc(Nc3cccc(OCc4ccccc4)n3)cc2)nc2c1CCC1(CC1)O2. The number of rotatable bonds is 13. The molecule has 0 radical (unpaired) electrons. The number of pyridine rings is 2. The van der Waals surface area contributed by atoms with Gasteiger partial charge in [0.05, 0.1) is 74.5 Å². The van der Waals surface area contributed by atoms with E-state index in [4.69, 9.17) is 68.8 Å². The zero-order valence-electron chi connectivity index (χ0n) is 56.4. The molecule has 0 bridgehead atoms. The fourth-order valence-corrected chi connectivity index (χ4v) is 14.0.